The van der Waals surface area contributed by atoms with Crippen LogP contribution in [-0.4, -0.2) is 49.1 Å². The number of carbonyl (C=O) groups is 2. The molecule has 0 radical (unpaired) electrons. The lowest BCUT2D eigenvalue weighted by molar-refractivity contribution is -0.124. The Morgan fingerprint density at radius 2 is 1.66 bits per heavy atom. The molecule has 1 N–H and O–H groups in total. The van der Waals surface area contributed by atoms with E-state index in [-0.39, 0.29) is 29.3 Å². The summed E-state index contributed by atoms with van der Waals surface area (Å²) >= 11 is 5.98. The number of amides is 2. The first-order chi connectivity index (χ1) is 18.2. The maximum absolute atomic E-state index is 13.7. The van der Waals surface area contributed by atoms with E-state index in [9.17, 15) is 18.0 Å². The van der Waals surface area contributed by atoms with Crippen molar-refractivity contribution in [2.24, 2.45) is 0 Å². The van der Waals surface area contributed by atoms with Crippen molar-refractivity contribution >= 4 is 33.4 Å². The molecule has 1 heterocycles. The number of nitrogens with zero attached hydrogens (tertiary/aromatic N) is 2. The molecule has 2 atom stereocenters. The van der Waals surface area contributed by atoms with Gasteiger partial charge in [-0.1, -0.05) is 54.1 Å². The fourth-order valence-corrected chi connectivity index (χ4v) is 6.30. The van der Waals surface area contributed by atoms with Crippen LogP contribution in [0, 0.1) is 0 Å². The zero-order valence-electron chi connectivity index (χ0n) is 21.5. The first-order valence-corrected chi connectivity index (χ1v) is 14.5. The quantitative estimate of drug-likeness (QED) is 0.424. The molecule has 1 aliphatic heterocycles. The molecule has 0 spiro atoms. The highest BCUT2D eigenvalue weighted by Gasteiger charge is 2.36. The SMILES string of the molecule is C[C@H](c1ccccc1)N(C)C(=O)c1ccc(CN([C@@H]2CCCCNC2=O)S(=O)(=O)c2ccc(Cl)cc2)cc1. The predicted octanol–water partition coefficient (Wildman–Crippen LogP) is 5.03. The molecule has 0 unspecified atom stereocenters. The number of nitrogens with one attached hydrogen (secondary N) is 1. The molecule has 2 amide bonds. The monoisotopic (exact) mass is 553 g/mol. The van der Waals surface area contributed by atoms with Crippen LogP contribution in [0.5, 0.6) is 0 Å². The minimum absolute atomic E-state index is 0.00618. The maximum Gasteiger partial charge on any atom is 0.254 e. The van der Waals surface area contributed by atoms with Crippen molar-refractivity contribution in [3.8, 4) is 0 Å². The number of sulfonamides is 1. The van der Waals surface area contributed by atoms with Crippen molar-refractivity contribution in [1.29, 1.82) is 0 Å². The van der Waals surface area contributed by atoms with E-state index >= 15 is 0 Å². The number of rotatable bonds is 8. The number of halogens is 1. The zero-order valence-corrected chi connectivity index (χ0v) is 23.1. The molecule has 0 saturated carbocycles. The van der Waals surface area contributed by atoms with Crippen molar-refractivity contribution in [3.05, 3.63) is 101 Å². The largest absolute Gasteiger partial charge is 0.355 e. The number of carbonyl (C=O) groups excluding carboxylic acids is 2. The molecule has 0 bridgehead atoms. The van der Waals surface area contributed by atoms with Gasteiger partial charge in [0, 0.05) is 30.7 Å². The molecule has 0 aromatic heterocycles. The third-order valence-corrected chi connectivity index (χ3v) is 9.12. The summed E-state index contributed by atoms with van der Waals surface area (Å²) in [6.07, 6.45) is 1.95. The lowest BCUT2D eigenvalue weighted by Crippen LogP contribution is -2.48. The van der Waals surface area contributed by atoms with Gasteiger partial charge in [0.1, 0.15) is 6.04 Å². The van der Waals surface area contributed by atoms with Gasteiger partial charge in [-0.2, -0.15) is 4.31 Å². The molecule has 1 fully saturated rings. The van der Waals surface area contributed by atoms with Crippen LogP contribution < -0.4 is 5.32 Å². The highest BCUT2D eigenvalue weighted by atomic mass is 35.5. The lowest BCUT2D eigenvalue weighted by Gasteiger charge is -2.29. The van der Waals surface area contributed by atoms with E-state index in [2.05, 4.69) is 5.32 Å². The number of hydrogen-bond acceptors (Lipinski definition) is 4. The van der Waals surface area contributed by atoms with Gasteiger partial charge in [-0.05, 0) is 73.7 Å². The highest BCUT2D eigenvalue weighted by Crippen LogP contribution is 2.27. The van der Waals surface area contributed by atoms with E-state index in [0.29, 0.717) is 29.1 Å². The van der Waals surface area contributed by atoms with Gasteiger partial charge in [-0.15, -0.1) is 0 Å². The molecule has 200 valence electrons. The summed E-state index contributed by atoms with van der Waals surface area (Å²) in [5, 5.41) is 3.26. The van der Waals surface area contributed by atoms with Crippen LogP contribution in [-0.2, 0) is 21.4 Å². The Balaban J connectivity index is 1.58. The smallest absolute Gasteiger partial charge is 0.254 e. The average Bonchev–Trinajstić information content (AvgIpc) is 3.15. The number of benzene rings is 3. The van der Waals surface area contributed by atoms with Crippen molar-refractivity contribution in [3.63, 3.8) is 0 Å². The first-order valence-electron chi connectivity index (χ1n) is 12.6. The van der Waals surface area contributed by atoms with Crippen molar-refractivity contribution in [2.75, 3.05) is 13.6 Å². The van der Waals surface area contributed by atoms with E-state index in [0.717, 1.165) is 18.4 Å². The molecular formula is C29H32ClN3O4S. The van der Waals surface area contributed by atoms with E-state index in [1.165, 1.54) is 28.6 Å². The van der Waals surface area contributed by atoms with E-state index in [4.69, 9.17) is 11.6 Å². The van der Waals surface area contributed by atoms with Crippen molar-refractivity contribution in [2.45, 2.75) is 49.7 Å². The molecule has 3 aromatic rings. The van der Waals surface area contributed by atoms with Crippen molar-refractivity contribution < 1.29 is 18.0 Å². The van der Waals surface area contributed by atoms with Crippen molar-refractivity contribution in [1.82, 2.24) is 14.5 Å². The molecule has 3 aromatic carbocycles. The van der Waals surface area contributed by atoms with E-state index < -0.39 is 16.1 Å². The molecule has 9 heteroatoms. The minimum Gasteiger partial charge on any atom is -0.355 e. The van der Waals surface area contributed by atoms with E-state index in [1.807, 2.05) is 37.3 Å². The van der Waals surface area contributed by atoms with Gasteiger partial charge in [0.25, 0.3) is 5.91 Å². The average molecular weight is 554 g/mol. The third kappa shape index (κ3) is 6.26. The standard InChI is InChI=1S/C29H32ClN3O4S/c1-21(23-8-4-3-5-9-23)32(2)29(35)24-13-11-22(12-14-24)20-33(27-10-6-7-19-31-28(27)34)38(36,37)26-17-15-25(30)16-18-26/h3-5,8-9,11-18,21,27H,6-7,10,19-20H2,1-2H3,(H,31,34)/t21-,27-/m1/s1. The van der Waals surface area contributed by atoms with Crippen LogP contribution in [0.1, 0.15) is 53.7 Å². The van der Waals surface area contributed by atoms with Crippen LogP contribution in [0.3, 0.4) is 0 Å². The number of hydrogen-bond donors (Lipinski definition) is 1. The Labute approximate surface area is 229 Å². The van der Waals surface area contributed by atoms with Gasteiger partial charge in [-0.3, -0.25) is 9.59 Å². The summed E-state index contributed by atoms with van der Waals surface area (Å²) in [5.41, 5.74) is 2.21. The lowest BCUT2D eigenvalue weighted by atomic mass is 10.1. The molecule has 38 heavy (non-hydrogen) atoms. The van der Waals surface area contributed by atoms with E-state index in [1.54, 1.807) is 36.2 Å². The Hall–Kier alpha value is -3.20. The molecule has 1 saturated heterocycles. The molecule has 1 aliphatic rings. The highest BCUT2D eigenvalue weighted by molar-refractivity contribution is 7.89. The normalized spacial score (nSPS) is 16.9. The van der Waals surface area contributed by atoms with Gasteiger partial charge < -0.3 is 10.2 Å². The minimum atomic E-state index is -4.01. The molecule has 4 rings (SSSR count). The predicted molar refractivity (Wildman–Crippen MR) is 148 cm³/mol. The van der Waals surface area contributed by atoms with Crippen LogP contribution in [0.2, 0.25) is 5.02 Å². The Bertz CT molecular complexity index is 1360. The third-order valence-electron chi connectivity index (χ3n) is 7.00. The second kappa shape index (κ2) is 12.1. The summed E-state index contributed by atoms with van der Waals surface area (Å²) in [5.74, 6) is -0.440. The molecule has 7 nitrogen and oxygen atoms in total. The van der Waals surface area contributed by atoms with Gasteiger partial charge in [0.15, 0.2) is 0 Å². The Morgan fingerprint density at radius 3 is 2.32 bits per heavy atom. The summed E-state index contributed by atoms with van der Waals surface area (Å²) < 4.78 is 28.7. The second-order valence-electron chi connectivity index (χ2n) is 9.51. The Kier molecular flexibility index (Phi) is 8.87. The van der Waals surface area contributed by atoms with Crippen LogP contribution >= 0.6 is 11.6 Å². The summed E-state index contributed by atoms with van der Waals surface area (Å²) in [7, 11) is -2.24. The van der Waals surface area contributed by atoms with Crippen LogP contribution in [0.25, 0.3) is 0 Å². The van der Waals surface area contributed by atoms with Crippen LogP contribution in [0.15, 0.2) is 83.8 Å². The van der Waals surface area contributed by atoms with Gasteiger partial charge in [0.05, 0.1) is 10.9 Å². The summed E-state index contributed by atoms with van der Waals surface area (Å²) in [4.78, 5) is 27.8. The van der Waals surface area contributed by atoms with Gasteiger partial charge >= 0.3 is 0 Å². The van der Waals surface area contributed by atoms with Gasteiger partial charge in [0.2, 0.25) is 15.9 Å². The molecule has 0 aliphatic carbocycles. The maximum atomic E-state index is 13.7. The fourth-order valence-electron chi connectivity index (χ4n) is 4.57. The summed E-state index contributed by atoms with van der Waals surface area (Å²) in [6.45, 7) is 2.49. The Morgan fingerprint density at radius 1 is 1.00 bits per heavy atom. The summed E-state index contributed by atoms with van der Waals surface area (Å²) in [6, 6.07) is 21.7. The fraction of sp³-hybridized carbons (Fsp3) is 0.310. The van der Waals surface area contributed by atoms with Crippen LogP contribution in [0.4, 0.5) is 0 Å². The first kappa shape index (κ1) is 27.8. The zero-order chi connectivity index (χ0) is 27.3. The molecular weight excluding hydrogens is 522 g/mol. The second-order valence-corrected chi connectivity index (χ2v) is 11.8. The van der Waals surface area contributed by atoms with Gasteiger partial charge in [-0.25, -0.2) is 8.42 Å². The topological polar surface area (TPSA) is 86.8 Å².